The third kappa shape index (κ3) is 14.8. The molecule has 9 nitrogen and oxygen atoms in total. The van der Waals surface area contributed by atoms with Crippen molar-refractivity contribution in [3.8, 4) is 0 Å². The van der Waals surface area contributed by atoms with E-state index in [1.54, 1.807) is 13.8 Å². The first-order valence-corrected chi connectivity index (χ1v) is 17.3. The molecule has 0 spiro atoms. The molecule has 1 saturated carbocycles. The van der Waals surface area contributed by atoms with E-state index in [0.29, 0.717) is 13.0 Å². The van der Waals surface area contributed by atoms with Crippen LogP contribution in [0.1, 0.15) is 145 Å². The Labute approximate surface area is 267 Å². The van der Waals surface area contributed by atoms with Gasteiger partial charge in [-0.05, 0) is 72.6 Å². The van der Waals surface area contributed by atoms with Crippen molar-refractivity contribution in [2.24, 2.45) is 5.41 Å². The molecule has 1 heterocycles. The number of carbonyl (C=O) groups excluding carboxylic acids is 3. The van der Waals surface area contributed by atoms with E-state index in [0.717, 1.165) is 51.4 Å². The third-order valence-corrected chi connectivity index (χ3v) is 8.59. The number of amides is 3. The molecule has 254 valence electrons. The first kappa shape index (κ1) is 38.1. The molecule has 0 radical (unpaired) electrons. The van der Waals surface area contributed by atoms with Crippen LogP contribution in [0.25, 0.3) is 0 Å². The average Bonchev–Trinajstić information content (AvgIpc) is 3.15. The minimum absolute atomic E-state index is 0.0520. The van der Waals surface area contributed by atoms with Crippen LogP contribution in [0.4, 0.5) is 4.79 Å². The Hall–Kier alpha value is -2.13. The number of urea groups is 1. The molecule has 3 atom stereocenters. The van der Waals surface area contributed by atoms with Gasteiger partial charge in [-0.2, -0.15) is 0 Å². The van der Waals surface area contributed by atoms with Crippen molar-refractivity contribution in [3.05, 3.63) is 12.2 Å². The summed E-state index contributed by atoms with van der Waals surface area (Å²) >= 11 is 0. The van der Waals surface area contributed by atoms with Crippen molar-refractivity contribution in [2.75, 3.05) is 13.2 Å². The average molecular weight is 622 g/mol. The standard InChI is InChI=1S/C35H63N3O6/c1-8-9-10-11-12-13-14-15-16-20-24-34(4,5)38-32(41)37-27-21-18-17-19-22-28(27)43-29(39)23-25-36-31(40)30-33(2,3)26-42-35(6,7)44-30/h11-12,27-28,30H,8-10,13-26H2,1-7H3,(H,36,40)(H2,37,38,41). The SMILES string of the molecule is CCCCC=CCCCCCCC(C)(C)NC(=O)NC1CCCCCC1OC(=O)CCNC(=O)C1OC(C)(C)OCC1(C)C. The fourth-order valence-electron chi connectivity index (χ4n) is 5.82. The fraction of sp³-hybridized carbons (Fsp3) is 0.857. The predicted molar refractivity (Wildman–Crippen MR) is 175 cm³/mol. The highest BCUT2D eigenvalue weighted by molar-refractivity contribution is 5.82. The molecule has 2 fully saturated rings. The minimum atomic E-state index is -0.843. The van der Waals surface area contributed by atoms with Gasteiger partial charge in [-0.15, -0.1) is 0 Å². The Morgan fingerprint density at radius 3 is 2.34 bits per heavy atom. The molecule has 3 unspecified atom stereocenters. The largest absolute Gasteiger partial charge is 0.460 e. The van der Waals surface area contributed by atoms with E-state index in [4.69, 9.17) is 14.2 Å². The monoisotopic (exact) mass is 621 g/mol. The topological polar surface area (TPSA) is 115 Å². The second-order valence-electron chi connectivity index (χ2n) is 14.5. The van der Waals surface area contributed by atoms with E-state index in [2.05, 4.69) is 48.9 Å². The summed E-state index contributed by atoms with van der Waals surface area (Å²) in [4.78, 5) is 38.7. The van der Waals surface area contributed by atoms with Crippen LogP contribution in [0.15, 0.2) is 12.2 Å². The van der Waals surface area contributed by atoms with Gasteiger partial charge in [-0.1, -0.05) is 77.9 Å². The van der Waals surface area contributed by atoms with Gasteiger partial charge in [0.1, 0.15) is 12.2 Å². The third-order valence-electron chi connectivity index (χ3n) is 8.59. The first-order chi connectivity index (χ1) is 20.7. The predicted octanol–water partition coefficient (Wildman–Crippen LogP) is 7.08. The zero-order valence-corrected chi connectivity index (χ0v) is 28.9. The highest BCUT2D eigenvalue weighted by atomic mass is 16.7. The number of nitrogens with one attached hydrogen (secondary N) is 3. The van der Waals surface area contributed by atoms with E-state index < -0.39 is 17.3 Å². The van der Waals surface area contributed by atoms with Gasteiger partial charge in [-0.25, -0.2) is 4.79 Å². The molecule has 2 rings (SSSR count). The molecule has 9 heteroatoms. The van der Waals surface area contributed by atoms with Crippen molar-refractivity contribution >= 4 is 17.9 Å². The minimum Gasteiger partial charge on any atom is -0.460 e. The Balaban J connectivity index is 1.74. The zero-order chi connectivity index (χ0) is 32.6. The Kier molecular flexibility index (Phi) is 16.2. The molecule has 1 aliphatic carbocycles. The molecular weight excluding hydrogens is 558 g/mol. The van der Waals surface area contributed by atoms with Crippen LogP contribution in [-0.4, -0.2) is 60.6 Å². The first-order valence-electron chi connectivity index (χ1n) is 17.3. The van der Waals surface area contributed by atoms with E-state index >= 15 is 0 Å². The lowest BCUT2D eigenvalue weighted by Gasteiger charge is -2.44. The van der Waals surface area contributed by atoms with Crippen LogP contribution in [0, 0.1) is 5.41 Å². The van der Waals surface area contributed by atoms with Gasteiger partial charge in [0, 0.05) is 17.5 Å². The summed E-state index contributed by atoms with van der Waals surface area (Å²) in [6.45, 7) is 14.3. The Bertz CT molecular complexity index is 916. The van der Waals surface area contributed by atoms with Crippen LogP contribution in [0.3, 0.4) is 0 Å². The maximum atomic E-state index is 13.0. The summed E-state index contributed by atoms with van der Waals surface area (Å²) in [6.07, 6.45) is 18.5. The van der Waals surface area contributed by atoms with E-state index in [-0.39, 0.29) is 48.6 Å². The molecule has 3 N–H and O–H groups in total. The Morgan fingerprint density at radius 2 is 1.61 bits per heavy atom. The van der Waals surface area contributed by atoms with Crippen molar-refractivity contribution in [1.29, 1.82) is 0 Å². The molecular formula is C35H63N3O6. The second-order valence-corrected chi connectivity index (χ2v) is 14.5. The smallest absolute Gasteiger partial charge is 0.315 e. The number of rotatable bonds is 17. The van der Waals surface area contributed by atoms with Crippen LogP contribution >= 0.6 is 0 Å². The van der Waals surface area contributed by atoms with Crippen molar-refractivity contribution < 1.29 is 28.6 Å². The molecule has 2 aliphatic rings. The van der Waals surface area contributed by atoms with E-state index in [1.165, 1.54) is 32.1 Å². The van der Waals surface area contributed by atoms with Crippen LogP contribution < -0.4 is 16.0 Å². The maximum absolute atomic E-state index is 13.0. The Morgan fingerprint density at radius 1 is 0.932 bits per heavy atom. The number of allylic oxidation sites excluding steroid dienone is 2. The van der Waals surface area contributed by atoms with Gasteiger partial charge in [0.05, 0.1) is 19.1 Å². The van der Waals surface area contributed by atoms with Crippen molar-refractivity contribution in [1.82, 2.24) is 16.0 Å². The second kappa shape index (κ2) is 18.7. The molecule has 1 aliphatic heterocycles. The molecule has 0 aromatic heterocycles. The zero-order valence-electron chi connectivity index (χ0n) is 28.9. The summed E-state index contributed by atoms with van der Waals surface area (Å²) < 4.78 is 17.4. The maximum Gasteiger partial charge on any atom is 0.315 e. The summed E-state index contributed by atoms with van der Waals surface area (Å²) in [5.74, 6) is -1.49. The summed E-state index contributed by atoms with van der Waals surface area (Å²) in [6, 6.07) is -0.453. The number of unbranched alkanes of at least 4 members (excludes halogenated alkanes) is 6. The molecule has 1 saturated heterocycles. The normalized spacial score (nSPS) is 23.5. The highest BCUT2D eigenvalue weighted by Gasteiger charge is 2.45. The van der Waals surface area contributed by atoms with Crippen molar-refractivity contribution in [3.63, 3.8) is 0 Å². The number of esters is 1. The van der Waals surface area contributed by atoms with E-state index in [9.17, 15) is 14.4 Å². The molecule has 0 aromatic carbocycles. The van der Waals surface area contributed by atoms with Gasteiger partial charge in [0.15, 0.2) is 5.79 Å². The van der Waals surface area contributed by atoms with Crippen LogP contribution in [-0.2, 0) is 23.8 Å². The number of carbonyl (C=O) groups is 3. The molecule has 3 amide bonds. The lowest BCUT2D eigenvalue weighted by Crippen LogP contribution is -2.56. The highest BCUT2D eigenvalue weighted by Crippen LogP contribution is 2.34. The van der Waals surface area contributed by atoms with E-state index in [1.807, 2.05) is 13.8 Å². The number of hydrogen-bond acceptors (Lipinski definition) is 6. The quantitative estimate of drug-likeness (QED) is 0.0692. The van der Waals surface area contributed by atoms with Gasteiger partial charge < -0.3 is 30.2 Å². The lowest BCUT2D eigenvalue weighted by atomic mass is 9.85. The van der Waals surface area contributed by atoms with Crippen LogP contribution in [0.2, 0.25) is 0 Å². The van der Waals surface area contributed by atoms with Crippen molar-refractivity contribution in [2.45, 2.75) is 174 Å². The summed E-state index contributed by atoms with van der Waals surface area (Å²) in [7, 11) is 0. The van der Waals surface area contributed by atoms with Gasteiger partial charge in [0.25, 0.3) is 0 Å². The fourth-order valence-corrected chi connectivity index (χ4v) is 5.82. The van der Waals surface area contributed by atoms with Gasteiger partial charge >= 0.3 is 12.0 Å². The number of ether oxygens (including phenoxy) is 3. The van der Waals surface area contributed by atoms with Gasteiger partial charge in [-0.3, -0.25) is 9.59 Å². The number of hydrogen-bond donors (Lipinski definition) is 3. The summed E-state index contributed by atoms with van der Waals surface area (Å²) in [5, 5.41) is 9.09. The molecule has 44 heavy (non-hydrogen) atoms. The summed E-state index contributed by atoms with van der Waals surface area (Å²) in [5.41, 5.74) is -0.809. The van der Waals surface area contributed by atoms with Crippen LogP contribution in [0.5, 0.6) is 0 Å². The van der Waals surface area contributed by atoms with Gasteiger partial charge in [0.2, 0.25) is 5.91 Å². The molecule has 0 aromatic rings. The molecule has 0 bridgehead atoms. The lowest BCUT2D eigenvalue weighted by molar-refractivity contribution is -0.304.